The van der Waals surface area contributed by atoms with E-state index in [1.165, 1.54) is 6.20 Å². The molecule has 0 saturated carbocycles. The molecule has 1 atom stereocenters. The number of hydrogen-bond acceptors (Lipinski definition) is 7. The highest BCUT2D eigenvalue weighted by atomic mass is 35.5. The van der Waals surface area contributed by atoms with E-state index in [-0.39, 0.29) is 22.3 Å². The number of fused-ring (bicyclic) bond motifs is 3. The minimum Gasteiger partial charge on any atom is -0.439 e. The number of carbonyl (C=O) groups excluding carboxylic acids is 2. The van der Waals surface area contributed by atoms with Gasteiger partial charge in [-0.25, -0.2) is 9.97 Å². The number of anilines is 2. The van der Waals surface area contributed by atoms with E-state index >= 15 is 0 Å². The van der Waals surface area contributed by atoms with Crippen LogP contribution in [0, 0.1) is 6.92 Å². The molecule has 10 heteroatoms. The van der Waals surface area contributed by atoms with Crippen molar-refractivity contribution < 1.29 is 19.4 Å². The van der Waals surface area contributed by atoms with Crippen molar-refractivity contribution in [3.63, 3.8) is 0 Å². The third kappa shape index (κ3) is 3.67. The van der Waals surface area contributed by atoms with Gasteiger partial charge in [-0.15, -0.1) is 0 Å². The molecule has 1 aliphatic heterocycles. The van der Waals surface area contributed by atoms with Crippen LogP contribution in [-0.4, -0.2) is 44.4 Å². The van der Waals surface area contributed by atoms with Crippen molar-refractivity contribution in [1.82, 2.24) is 15.0 Å². The van der Waals surface area contributed by atoms with Gasteiger partial charge in [0.15, 0.2) is 5.78 Å². The number of nitrogens with one attached hydrogen (secondary N) is 3. The van der Waals surface area contributed by atoms with E-state index in [0.29, 0.717) is 39.6 Å². The number of ketones is 1. The second-order valence-corrected chi connectivity index (χ2v) is 7.95. The van der Waals surface area contributed by atoms with E-state index in [0.717, 1.165) is 5.56 Å². The highest BCUT2D eigenvalue weighted by Gasteiger charge is 2.29. The number of rotatable bonds is 5. The molecule has 5 rings (SSSR count). The van der Waals surface area contributed by atoms with Crippen molar-refractivity contribution in [1.29, 1.82) is 0 Å². The minimum atomic E-state index is -0.837. The zero-order valence-electron chi connectivity index (χ0n) is 17.3. The van der Waals surface area contributed by atoms with Gasteiger partial charge in [-0.2, -0.15) is 0 Å². The largest absolute Gasteiger partial charge is 0.439 e. The van der Waals surface area contributed by atoms with Crippen molar-refractivity contribution in [2.75, 3.05) is 17.2 Å². The van der Waals surface area contributed by atoms with Crippen LogP contribution in [0.3, 0.4) is 0 Å². The molecular weight excluding hydrogens is 446 g/mol. The van der Waals surface area contributed by atoms with E-state index in [4.69, 9.17) is 16.3 Å². The zero-order valence-corrected chi connectivity index (χ0v) is 18.1. The van der Waals surface area contributed by atoms with Crippen LogP contribution in [0.25, 0.3) is 11.0 Å². The number of amides is 1. The fourth-order valence-corrected chi connectivity index (χ4v) is 3.94. The number of carbonyl (C=O) groups is 2. The van der Waals surface area contributed by atoms with Crippen LogP contribution >= 0.6 is 11.6 Å². The molecule has 9 nitrogen and oxygen atoms in total. The first-order valence-electron chi connectivity index (χ1n) is 10.1. The first-order valence-corrected chi connectivity index (χ1v) is 10.5. The number of aryl methyl sites for hydroxylation is 1. The van der Waals surface area contributed by atoms with Crippen LogP contribution < -0.4 is 15.4 Å². The van der Waals surface area contributed by atoms with Gasteiger partial charge in [0.2, 0.25) is 11.8 Å². The Morgan fingerprint density at radius 3 is 2.85 bits per heavy atom. The third-order valence-electron chi connectivity index (χ3n) is 5.38. The van der Waals surface area contributed by atoms with Gasteiger partial charge >= 0.3 is 0 Å². The number of aliphatic hydroxyl groups excluding tert-OH is 1. The molecule has 0 bridgehead atoms. The zero-order chi connectivity index (χ0) is 23.1. The number of halogens is 1. The summed E-state index contributed by atoms with van der Waals surface area (Å²) in [7, 11) is 0. The highest BCUT2D eigenvalue weighted by molar-refractivity contribution is 6.36. The molecule has 3 aromatic heterocycles. The minimum absolute atomic E-state index is 0.215. The van der Waals surface area contributed by atoms with Crippen molar-refractivity contribution in [2.45, 2.75) is 13.0 Å². The van der Waals surface area contributed by atoms with Gasteiger partial charge in [0.05, 0.1) is 40.2 Å². The number of aromatic nitrogens is 3. The first-order chi connectivity index (χ1) is 16.0. The summed E-state index contributed by atoms with van der Waals surface area (Å²) < 4.78 is 5.80. The molecular formula is C23H18ClN5O4. The molecule has 1 aliphatic rings. The summed E-state index contributed by atoms with van der Waals surface area (Å²) in [6.07, 6.45) is 4.66. The number of aromatic amines is 1. The maximum absolute atomic E-state index is 13.4. The molecule has 1 aromatic carbocycles. The second-order valence-electron chi connectivity index (χ2n) is 7.54. The lowest BCUT2D eigenvalue weighted by molar-refractivity contribution is -0.117. The molecule has 33 heavy (non-hydrogen) atoms. The third-order valence-corrected chi connectivity index (χ3v) is 5.70. The van der Waals surface area contributed by atoms with Gasteiger partial charge in [-0.3, -0.25) is 9.59 Å². The summed E-state index contributed by atoms with van der Waals surface area (Å²) >= 11 is 6.45. The molecule has 4 aromatic rings. The Morgan fingerprint density at radius 1 is 1.24 bits per heavy atom. The summed E-state index contributed by atoms with van der Waals surface area (Å²) in [5, 5.41) is 15.9. The maximum atomic E-state index is 13.4. The van der Waals surface area contributed by atoms with Crippen LogP contribution in [0.4, 0.5) is 11.4 Å². The lowest BCUT2D eigenvalue weighted by atomic mass is 10.0. The Morgan fingerprint density at radius 2 is 2.09 bits per heavy atom. The number of benzene rings is 1. The Bertz CT molecular complexity index is 1420. The van der Waals surface area contributed by atoms with Crippen LogP contribution in [-0.2, 0) is 4.79 Å². The lowest BCUT2D eigenvalue weighted by Crippen LogP contribution is -2.41. The summed E-state index contributed by atoms with van der Waals surface area (Å²) in [6, 6.07) is 7.66. The number of pyridine rings is 2. The topological polar surface area (TPSA) is 129 Å². The molecule has 0 spiro atoms. The van der Waals surface area contributed by atoms with Gasteiger partial charge in [-0.05, 0) is 25.1 Å². The molecule has 1 unspecified atom stereocenters. The summed E-state index contributed by atoms with van der Waals surface area (Å²) in [4.78, 5) is 36.9. The van der Waals surface area contributed by atoms with Crippen molar-refractivity contribution >= 4 is 45.7 Å². The number of H-pyrrole nitrogens is 1. The molecule has 0 radical (unpaired) electrons. The van der Waals surface area contributed by atoms with Crippen LogP contribution in [0.15, 0.2) is 48.9 Å². The fraction of sp³-hybridized carbons (Fsp3) is 0.130. The van der Waals surface area contributed by atoms with Crippen molar-refractivity contribution in [3.8, 4) is 11.6 Å². The predicted octanol–water partition coefficient (Wildman–Crippen LogP) is 3.67. The quantitative estimate of drug-likeness (QED) is 0.332. The lowest BCUT2D eigenvalue weighted by Gasteiger charge is -2.26. The maximum Gasteiger partial charge on any atom is 0.249 e. The van der Waals surface area contributed by atoms with Gasteiger partial charge in [-0.1, -0.05) is 17.7 Å². The van der Waals surface area contributed by atoms with E-state index in [1.807, 2.05) is 19.1 Å². The van der Waals surface area contributed by atoms with Crippen LogP contribution in [0.1, 0.15) is 21.5 Å². The van der Waals surface area contributed by atoms with Gasteiger partial charge in [0.1, 0.15) is 17.4 Å². The van der Waals surface area contributed by atoms with Crippen LogP contribution in [0.2, 0.25) is 5.02 Å². The second kappa shape index (κ2) is 8.19. The Kier molecular flexibility index (Phi) is 5.20. The SMILES string of the molecule is Cc1cccnc1Oc1ccc(C(=O)c2c[nH]c3ncc4c(c23)NC(CO)C(=O)N4)c(Cl)c1. The molecule has 0 aliphatic carbocycles. The van der Waals surface area contributed by atoms with Gasteiger partial charge in [0, 0.05) is 29.6 Å². The Labute approximate surface area is 192 Å². The molecule has 4 heterocycles. The smallest absolute Gasteiger partial charge is 0.249 e. The summed E-state index contributed by atoms with van der Waals surface area (Å²) in [5.41, 5.74) is 2.85. The molecule has 166 valence electrons. The number of hydrogen-bond donors (Lipinski definition) is 4. The highest BCUT2D eigenvalue weighted by Crippen LogP contribution is 2.37. The van der Waals surface area contributed by atoms with Crippen molar-refractivity contribution in [3.05, 3.63) is 70.6 Å². The van der Waals surface area contributed by atoms with E-state index < -0.39 is 12.6 Å². The monoisotopic (exact) mass is 463 g/mol. The molecule has 1 amide bonds. The van der Waals surface area contributed by atoms with Crippen molar-refractivity contribution in [2.24, 2.45) is 0 Å². The number of nitrogens with zero attached hydrogens (tertiary/aromatic N) is 2. The number of aliphatic hydroxyl groups is 1. The first kappa shape index (κ1) is 20.9. The average molecular weight is 464 g/mol. The number of ether oxygens (including phenoxy) is 1. The molecule has 0 fully saturated rings. The summed E-state index contributed by atoms with van der Waals surface area (Å²) in [5.74, 6) is 0.192. The molecule has 4 N–H and O–H groups in total. The summed E-state index contributed by atoms with van der Waals surface area (Å²) in [6.45, 7) is 1.48. The predicted molar refractivity (Wildman–Crippen MR) is 123 cm³/mol. The average Bonchev–Trinajstić information content (AvgIpc) is 3.24. The van der Waals surface area contributed by atoms with E-state index in [1.54, 1.807) is 30.6 Å². The standard InChI is InChI=1S/C23H18ClN5O4/c1-11-3-2-6-25-23(11)33-12-4-5-13(15(24)7-12)20(31)14-8-26-21-18(14)19-16(9-27-21)29-22(32)17(10-30)28-19/h2-9,17,28,30H,10H2,1H3,(H,26,27)(H,29,32). The van der Waals surface area contributed by atoms with E-state index in [9.17, 15) is 14.7 Å². The molecule has 0 saturated heterocycles. The van der Waals surface area contributed by atoms with Gasteiger partial charge < -0.3 is 25.5 Å². The van der Waals surface area contributed by atoms with Gasteiger partial charge in [0.25, 0.3) is 0 Å². The van der Waals surface area contributed by atoms with E-state index in [2.05, 4.69) is 25.6 Å². The Balaban J connectivity index is 1.51. The Hall–Kier alpha value is -3.95. The van der Waals surface area contributed by atoms with Crippen LogP contribution in [0.5, 0.6) is 11.6 Å². The fourth-order valence-electron chi connectivity index (χ4n) is 3.69. The normalized spacial score (nSPS) is 15.0.